The van der Waals surface area contributed by atoms with Crippen molar-refractivity contribution in [2.75, 3.05) is 11.9 Å². The van der Waals surface area contributed by atoms with Gasteiger partial charge >= 0.3 is 0 Å². The molecule has 0 radical (unpaired) electrons. The SMILES string of the molecule is CC(C)c1ccccc1OCC1(CBr)CCC1. The van der Waals surface area contributed by atoms with Gasteiger partial charge in [-0.2, -0.15) is 0 Å². The van der Waals surface area contributed by atoms with E-state index in [1.807, 2.05) is 0 Å². The summed E-state index contributed by atoms with van der Waals surface area (Å²) in [5.41, 5.74) is 1.71. The normalized spacial score (nSPS) is 17.9. The molecule has 0 bridgehead atoms. The Morgan fingerprint density at radius 3 is 2.53 bits per heavy atom. The topological polar surface area (TPSA) is 9.23 Å². The molecular formula is C15H21BrO. The number of hydrogen-bond donors (Lipinski definition) is 0. The predicted octanol–water partition coefficient (Wildman–Crippen LogP) is 4.75. The summed E-state index contributed by atoms with van der Waals surface area (Å²) >= 11 is 3.62. The van der Waals surface area contributed by atoms with Crippen molar-refractivity contribution >= 4 is 15.9 Å². The molecule has 1 aliphatic carbocycles. The van der Waals surface area contributed by atoms with Crippen molar-refractivity contribution in [3.8, 4) is 5.75 Å². The average Bonchev–Trinajstić information content (AvgIpc) is 2.28. The van der Waals surface area contributed by atoms with Gasteiger partial charge in [0.2, 0.25) is 0 Å². The lowest BCUT2D eigenvalue weighted by atomic mass is 9.71. The van der Waals surface area contributed by atoms with Crippen LogP contribution in [0.15, 0.2) is 24.3 Å². The first-order chi connectivity index (χ1) is 8.17. The van der Waals surface area contributed by atoms with E-state index in [-0.39, 0.29) is 0 Å². The lowest BCUT2D eigenvalue weighted by molar-refractivity contribution is 0.0831. The Hall–Kier alpha value is -0.500. The van der Waals surface area contributed by atoms with Crippen LogP contribution in [0.5, 0.6) is 5.75 Å². The van der Waals surface area contributed by atoms with Gasteiger partial charge in [0.1, 0.15) is 5.75 Å². The Morgan fingerprint density at radius 1 is 1.29 bits per heavy atom. The number of halogens is 1. The summed E-state index contributed by atoms with van der Waals surface area (Å²) in [6.07, 6.45) is 3.94. The van der Waals surface area contributed by atoms with Gasteiger partial charge < -0.3 is 4.74 Å². The summed E-state index contributed by atoms with van der Waals surface area (Å²) < 4.78 is 6.07. The third-order valence-electron chi connectivity index (χ3n) is 3.77. The minimum Gasteiger partial charge on any atom is -0.493 e. The van der Waals surface area contributed by atoms with E-state index < -0.39 is 0 Å². The van der Waals surface area contributed by atoms with Gasteiger partial charge in [0, 0.05) is 10.7 Å². The van der Waals surface area contributed by atoms with E-state index >= 15 is 0 Å². The monoisotopic (exact) mass is 296 g/mol. The van der Waals surface area contributed by atoms with E-state index in [1.54, 1.807) is 0 Å². The van der Waals surface area contributed by atoms with Crippen molar-refractivity contribution in [2.45, 2.75) is 39.0 Å². The zero-order valence-corrected chi connectivity index (χ0v) is 12.3. The first-order valence-electron chi connectivity index (χ1n) is 6.45. The summed E-state index contributed by atoms with van der Waals surface area (Å²) in [6.45, 7) is 5.28. The summed E-state index contributed by atoms with van der Waals surface area (Å²) in [5, 5.41) is 1.06. The molecule has 0 spiro atoms. The van der Waals surface area contributed by atoms with Gasteiger partial charge in [0.05, 0.1) is 6.61 Å². The van der Waals surface area contributed by atoms with E-state index in [0.29, 0.717) is 11.3 Å². The third kappa shape index (κ3) is 2.85. The number of ether oxygens (including phenoxy) is 1. The largest absolute Gasteiger partial charge is 0.493 e. The molecule has 1 aliphatic rings. The van der Waals surface area contributed by atoms with Crippen LogP contribution in [0.3, 0.4) is 0 Å². The fourth-order valence-electron chi connectivity index (χ4n) is 2.31. The molecule has 1 nitrogen and oxygen atoms in total. The molecule has 0 heterocycles. The second kappa shape index (κ2) is 5.43. The van der Waals surface area contributed by atoms with E-state index in [4.69, 9.17) is 4.74 Å². The Labute approximate surface area is 113 Å². The Morgan fingerprint density at radius 2 is 2.00 bits per heavy atom. The van der Waals surface area contributed by atoms with Crippen molar-refractivity contribution in [2.24, 2.45) is 5.41 Å². The van der Waals surface area contributed by atoms with Crippen molar-refractivity contribution in [1.29, 1.82) is 0 Å². The van der Waals surface area contributed by atoms with Crippen LogP contribution in [0.2, 0.25) is 0 Å². The first-order valence-corrected chi connectivity index (χ1v) is 7.57. The van der Waals surface area contributed by atoms with Crippen LogP contribution in [0.1, 0.15) is 44.6 Å². The minimum absolute atomic E-state index is 0.393. The maximum Gasteiger partial charge on any atom is 0.122 e. The smallest absolute Gasteiger partial charge is 0.122 e. The highest BCUT2D eigenvalue weighted by molar-refractivity contribution is 9.09. The molecule has 1 aromatic rings. The molecule has 0 saturated heterocycles. The van der Waals surface area contributed by atoms with E-state index in [2.05, 4.69) is 54.0 Å². The fourth-order valence-corrected chi connectivity index (χ4v) is 3.04. The van der Waals surface area contributed by atoms with Crippen LogP contribution >= 0.6 is 15.9 Å². The van der Waals surface area contributed by atoms with Crippen LogP contribution < -0.4 is 4.74 Å². The van der Waals surface area contributed by atoms with Crippen LogP contribution in [0, 0.1) is 5.41 Å². The Kier molecular flexibility index (Phi) is 4.13. The summed E-state index contributed by atoms with van der Waals surface area (Å²) in [7, 11) is 0. The van der Waals surface area contributed by atoms with Crippen LogP contribution in [-0.2, 0) is 0 Å². The van der Waals surface area contributed by atoms with Gasteiger partial charge in [-0.15, -0.1) is 0 Å². The highest BCUT2D eigenvalue weighted by atomic mass is 79.9. The van der Waals surface area contributed by atoms with Crippen LogP contribution in [-0.4, -0.2) is 11.9 Å². The molecule has 0 aliphatic heterocycles. The molecule has 0 atom stereocenters. The Bertz CT molecular complexity index is 363. The third-order valence-corrected chi connectivity index (χ3v) is 4.96. The number of hydrogen-bond acceptors (Lipinski definition) is 1. The molecular weight excluding hydrogens is 276 g/mol. The van der Waals surface area contributed by atoms with Crippen molar-refractivity contribution in [3.63, 3.8) is 0 Å². The molecule has 0 unspecified atom stereocenters. The zero-order valence-electron chi connectivity index (χ0n) is 10.7. The molecule has 1 aromatic carbocycles. The highest BCUT2D eigenvalue weighted by Gasteiger charge is 2.36. The van der Waals surface area contributed by atoms with Gasteiger partial charge in [-0.1, -0.05) is 54.4 Å². The Balaban J connectivity index is 2.03. The highest BCUT2D eigenvalue weighted by Crippen LogP contribution is 2.43. The molecule has 94 valence electrons. The second-order valence-corrected chi connectivity index (χ2v) is 6.03. The van der Waals surface area contributed by atoms with E-state index in [1.165, 1.54) is 24.8 Å². The second-order valence-electron chi connectivity index (χ2n) is 5.47. The van der Waals surface area contributed by atoms with Gasteiger partial charge in [-0.05, 0) is 30.4 Å². The van der Waals surface area contributed by atoms with E-state index in [0.717, 1.165) is 17.7 Å². The molecule has 0 N–H and O–H groups in total. The van der Waals surface area contributed by atoms with Crippen molar-refractivity contribution < 1.29 is 4.74 Å². The van der Waals surface area contributed by atoms with Crippen molar-refractivity contribution in [1.82, 2.24) is 0 Å². The quantitative estimate of drug-likeness (QED) is 0.712. The predicted molar refractivity (Wildman–Crippen MR) is 76.1 cm³/mol. The lowest BCUT2D eigenvalue weighted by Crippen LogP contribution is -2.37. The van der Waals surface area contributed by atoms with Crippen LogP contribution in [0.25, 0.3) is 0 Å². The van der Waals surface area contributed by atoms with E-state index in [9.17, 15) is 0 Å². The molecule has 17 heavy (non-hydrogen) atoms. The van der Waals surface area contributed by atoms with Gasteiger partial charge in [0.25, 0.3) is 0 Å². The number of alkyl halides is 1. The lowest BCUT2D eigenvalue weighted by Gasteiger charge is -2.40. The minimum atomic E-state index is 0.393. The molecule has 2 heteroatoms. The summed E-state index contributed by atoms with van der Waals surface area (Å²) in [4.78, 5) is 0. The first kappa shape index (κ1) is 12.9. The summed E-state index contributed by atoms with van der Waals surface area (Å²) in [5.74, 6) is 1.59. The molecule has 1 saturated carbocycles. The maximum absolute atomic E-state index is 6.07. The fraction of sp³-hybridized carbons (Fsp3) is 0.600. The van der Waals surface area contributed by atoms with Crippen molar-refractivity contribution in [3.05, 3.63) is 29.8 Å². The zero-order chi connectivity index (χ0) is 12.3. The molecule has 1 fully saturated rings. The van der Waals surface area contributed by atoms with Gasteiger partial charge in [-0.3, -0.25) is 0 Å². The van der Waals surface area contributed by atoms with Gasteiger partial charge in [0.15, 0.2) is 0 Å². The molecule has 0 amide bonds. The average molecular weight is 297 g/mol. The number of benzene rings is 1. The molecule has 2 rings (SSSR count). The summed E-state index contributed by atoms with van der Waals surface area (Å²) in [6, 6.07) is 8.41. The maximum atomic E-state index is 6.07. The van der Waals surface area contributed by atoms with Gasteiger partial charge in [-0.25, -0.2) is 0 Å². The number of rotatable bonds is 5. The number of para-hydroxylation sites is 1. The van der Waals surface area contributed by atoms with Crippen LogP contribution in [0.4, 0.5) is 0 Å². The molecule has 0 aromatic heterocycles. The standard InChI is InChI=1S/C15H21BrO/c1-12(2)13-6-3-4-7-14(13)17-11-15(10-16)8-5-9-15/h3-4,6-7,12H,5,8-11H2,1-2H3.